The summed E-state index contributed by atoms with van der Waals surface area (Å²) >= 11 is 0. The van der Waals surface area contributed by atoms with Crippen molar-refractivity contribution in [3.05, 3.63) is 30.1 Å². The molecule has 0 aromatic heterocycles. The molecule has 0 spiro atoms. The molecule has 1 aliphatic heterocycles. The van der Waals surface area contributed by atoms with Crippen molar-refractivity contribution >= 4 is 15.7 Å². The van der Waals surface area contributed by atoms with Gasteiger partial charge in [-0.1, -0.05) is 0 Å². The van der Waals surface area contributed by atoms with Crippen LogP contribution in [0, 0.1) is 5.82 Å². The number of carbonyl (C=O) groups is 1. The number of nitrogens with zero attached hydrogens (tertiary/aromatic N) is 1. The highest BCUT2D eigenvalue weighted by atomic mass is 32.2. The number of amides is 1. The van der Waals surface area contributed by atoms with Gasteiger partial charge in [-0.2, -0.15) is 0 Å². The number of rotatable bonds is 5. The Morgan fingerprint density at radius 1 is 1.38 bits per heavy atom. The predicted octanol–water partition coefficient (Wildman–Crippen LogP) is 1.24. The molecule has 1 heterocycles. The van der Waals surface area contributed by atoms with Gasteiger partial charge in [0.25, 0.3) is 0 Å². The number of carbonyl (C=O) groups excluding carboxylic acids is 1. The first-order valence-electron chi connectivity index (χ1n) is 6.72. The largest absolute Gasteiger partial charge is 0.493 e. The van der Waals surface area contributed by atoms with E-state index in [0.29, 0.717) is 12.2 Å². The summed E-state index contributed by atoms with van der Waals surface area (Å²) in [6, 6.07) is 5.31. The van der Waals surface area contributed by atoms with Crippen molar-refractivity contribution in [2.75, 3.05) is 25.2 Å². The van der Waals surface area contributed by atoms with E-state index < -0.39 is 9.84 Å². The molecule has 0 bridgehead atoms. The summed E-state index contributed by atoms with van der Waals surface area (Å²) < 4.78 is 40.9. The summed E-state index contributed by atoms with van der Waals surface area (Å²) in [5.74, 6) is 0.171. The Bertz CT molecular complexity index is 600. The van der Waals surface area contributed by atoms with E-state index in [2.05, 4.69) is 0 Å². The zero-order valence-electron chi connectivity index (χ0n) is 11.8. The zero-order valence-corrected chi connectivity index (χ0v) is 12.6. The molecule has 0 radical (unpaired) electrons. The van der Waals surface area contributed by atoms with Crippen LogP contribution >= 0.6 is 0 Å². The van der Waals surface area contributed by atoms with E-state index in [0.717, 1.165) is 0 Å². The molecular weight excluding hydrogens is 297 g/mol. The van der Waals surface area contributed by atoms with Gasteiger partial charge in [-0.15, -0.1) is 0 Å². The number of benzene rings is 1. The molecule has 1 aliphatic rings. The van der Waals surface area contributed by atoms with Gasteiger partial charge in [0.05, 0.1) is 24.5 Å². The highest BCUT2D eigenvalue weighted by Crippen LogP contribution is 2.17. The molecule has 5 nitrogen and oxygen atoms in total. The van der Waals surface area contributed by atoms with E-state index >= 15 is 0 Å². The molecule has 0 unspecified atom stereocenters. The molecule has 1 atom stereocenters. The Balaban J connectivity index is 1.78. The summed E-state index contributed by atoms with van der Waals surface area (Å²) in [5, 5.41) is 0. The second kappa shape index (κ2) is 6.43. The van der Waals surface area contributed by atoms with Crippen LogP contribution in [0.4, 0.5) is 4.39 Å². The fourth-order valence-corrected chi connectivity index (χ4v) is 4.02. The lowest BCUT2D eigenvalue weighted by atomic mass is 10.2. The van der Waals surface area contributed by atoms with Crippen LogP contribution in [0.1, 0.15) is 12.8 Å². The first-order valence-corrected chi connectivity index (χ1v) is 8.54. The summed E-state index contributed by atoms with van der Waals surface area (Å²) in [7, 11) is -1.39. The topological polar surface area (TPSA) is 63.7 Å². The molecule has 1 fully saturated rings. The Labute approximate surface area is 123 Å². The second-order valence-electron chi connectivity index (χ2n) is 5.11. The molecule has 1 saturated heterocycles. The lowest BCUT2D eigenvalue weighted by Gasteiger charge is -2.23. The Morgan fingerprint density at radius 2 is 2.05 bits per heavy atom. The van der Waals surface area contributed by atoms with Gasteiger partial charge < -0.3 is 9.64 Å². The maximum atomic E-state index is 12.7. The van der Waals surface area contributed by atoms with Crippen LogP contribution in [0.25, 0.3) is 0 Å². The van der Waals surface area contributed by atoms with E-state index in [-0.39, 0.29) is 42.3 Å². The van der Waals surface area contributed by atoms with Crippen molar-refractivity contribution in [3.8, 4) is 5.75 Å². The number of sulfone groups is 1. The average molecular weight is 315 g/mol. The van der Waals surface area contributed by atoms with Crippen molar-refractivity contribution in [3.63, 3.8) is 0 Å². The van der Waals surface area contributed by atoms with Crippen LogP contribution in [0.15, 0.2) is 24.3 Å². The average Bonchev–Trinajstić information content (AvgIpc) is 2.80. The van der Waals surface area contributed by atoms with E-state index in [1.807, 2.05) is 0 Å². The number of ether oxygens (including phenoxy) is 1. The van der Waals surface area contributed by atoms with Gasteiger partial charge in [0.1, 0.15) is 11.6 Å². The number of halogens is 1. The lowest BCUT2D eigenvalue weighted by molar-refractivity contribution is -0.132. The van der Waals surface area contributed by atoms with Crippen molar-refractivity contribution in [1.82, 2.24) is 4.90 Å². The van der Waals surface area contributed by atoms with Crippen molar-refractivity contribution < 1.29 is 22.3 Å². The molecular formula is C14H18FNO4S. The molecule has 1 aromatic rings. The van der Waals surface area contributed by atoms with Gasteiger partial charge in [0.15, 0.2) is 9.84 Å². The maximum absolute atomic E-state index is 12.7. The van der Waals surface area contributed by atoms with Gasteiger partial charge in [0.2, 0.25) is 5.91 Å². The second-order valence-corrected chi connectivity index (χ2v) is 7.34. The van der Waals surface area contributed by atoms with Gasteiger partial charge in [0, 0.05) is 13.1 Å². The maximum Gasteiger partial charge on any atom is 0.226 e. The van der Waals surface area contributed by atoms with E-state index in [9.17, 15) is 17.6 Å². The van der Waals surface area contributed by atoms with Crippen LogP contribution in [0.3, 0.4) is 0 Å². The lowest BCUT2D eigenvalue weighted by Crippen LogP contribution is -2.38. The molecule has 1 amide bonds. The normalized spacial score (nSPS) is 20.2. The summed E-state index contributed by atoms with van der Waals surface area (Å²) in [6.07, 6.45) is 0.647. The molecule has 0 saturated carbocycles. The third kappa shape index (κ3) is 4.42. The van der Waals surface area contributed by atoms with E-state index in [1.54, 1.807) is 7.05 Å². The van der Waals surface area contributed by atoms with Crippen molar-refractivity contribution in [2.45, 2.75) is 18.9 Å². The molecule has 2 rings (SSSR count). The molecule has 0 N–H and O–H groups in total. The third-order valence-corrected chi connectivity index (χ3v) is 5.30. The molecule has 1 aromatic carbocycles. The number of hydrogen-bond acceptors (Lipinski definition) is 4. The molecule has 116 valence electrons. The third-order valence-electron chi connectivity index (χ3n) is 3.55. The smallest absolute Gasteiger partial charge is 0.226 e. The van der Waals surface area contributed by atoms with Crippen LogP contribution in [-0.4, -0.2) is 50.4 Å². The Kier molecular flexibility index (Phi) is 4.82. The zero-order chi connectivity index (χ0) is 15.5. The first kappa shape index (κ1) is 15.8. The summed E-state index contributed by atoms with van der Waals surface area (Å²) in [4.78, 5) is 13.5. The van der Waals surface area contributed by atoms with Gasteiger partial charge in [-0.25, -0.2) is 12.8 Å². The van der Waals surface area contributed by atoms with Crippen molar-refractivity contribution in [2.24, 2.45) is 0 Å². The van der Waals surface area contributed by atoms with Crippen LogP contribution in [-0.2, 0) is 14.6 Å². The minimum atomic E-state index is -3.00. The number of hydrogen-bond donors (Lipinski definition) is 0. The minimum Gasteiger partial charge on any atom is -0.493 e. The fraction of sp³-hybridized carbons (Fsp3) is 0.500. The van der Waals surface area contributed by atoms with E-state index in [1.165, 1.54) is 29.2 Å². The SMILES string of the molecule is CN(C(=O)CCOc1ccc(F)cc1)[C@@H]1CCS(=O)(=O)C1. The summed E-state index contributed by atoms with van der Waals surface area (Å²) in [5.41, 5.74) is 0. The van der Waals surface area contributed by atoms with Gasteiger partial charge in [-0.3, -0.25) is 4.79 Å². The Morgan fingerprint density at radius 3 is 2.62 bits per heavy atom. The van der Waals surface area contributed by atoms with E-state index in [4.69, 9.17) is 4.74 Å². The highest BCUT2D eigenvalue weighted by Gasteiger charge is 2.32. The van der Waals surface area contributed by atoms with Crippen molar-refractivity contribution in [1.29, 1.82) is 0 Å². The van der Waals surface area contributed by atoms with Gasteiger partial charge in [-0.05, 0) is 30.7 Å². The van der Waals surface area contributed by atoms with Crippen LogP contribution < -0.4 is 4.74 Å². The standard InChI is InChI=1S/C14H18FNO4S/c1-16(12-7-9-21(18,19)10-12)14(17)6-8-20-13-4-2-11(15)3-5-13/h2-5,12H,6-10H2,1H3/t12-/m1/s1. The quantitative estimate of drug-likeness (QED) is 0.820. The molecule has 0 aliphatic carbocycles. The van der Waals surface area contributed by atoms with Crippen LogP contribution in [0.2, 0.25) is 0 Å². The van der Waals surface area contributed by atoms with Crippen LogP contribution in [0.5, 0.6) is 5.75 Å². The summed E-state index contributed by atoms with van der Waals surface area (Å²) in [6.45, 7) is 0.175. The Hall–Kier alpha value is -1.63. The molecule has 7 heteroatoms. The highest BCUT2D eigenvalue weighted by molar-refractivity contribution is 7.91. The minimum absolute atomic E-state index is 0.0358. The fourth-order valence-electron chi connectivity index (χ4n) is 2.25. The molecule has 21 heavy (non-hydrogen) atoms. The predicted molar refractivity (Wildman–Crippen MR) is 76.3 cm³/mol. The first-order chi connectivity index (χ1) is 9.87. The van der Waals surface area contributed by atoms with Gasteiger partial charge >= 0.3 is 0 Å². The monoisotopic (exact) mass is 315 g/mol.